The summed E-state index contributed by atoms with van der Waals surface area (Å²) < 4.78 is 0. The van der Waals surface area contributed by atoms with E-state index in [1.807, 2.05) is 0 Å². The third kappa shape index (κ3) is 3.89. The molecule has 1 amide bonds. The Balaban J connectivity index is 2.11. The number of carboxylic acid groups (broad SMARTS) is 1. The van der Waals surface area contributed by atoms with E-state index in [0.717, 1.165) is 11.0 Å². The van der Waals surface area contributed by atoms with Crippen molar-refractivity contribution in [1.82, 2.24) is 15.3 Å². The van der Waals surface area contributed by atoms with E-state index in [1.165, 1.54) is 6.20 Å². The van der Waals surface area contributed by atoms with Crippen LogP contribution in [0, 0.1) is 17.2 Å². The average Bonchev–Trinajstić information content (AvgIpc) is 3.00. The summed E-state index contributed by atoms with van der Waals surface area (Å²) in [6, 6.07) is 6.01. The number of carbonyl (C=O) groups excluding carboxylic acids is 1. The zero-order valence-corrected chi connectivity index (χ0v) is 13.2. The first-order valence-corrected chi connectivity index (χ1v) is 7.26. The largest absolute Gasteiger partial charge is 0.480 e. The molecule has 1 unspecified atom stereocenters. The minimum absolute atomic E-state index is 0.216. The van der Waals surface area contributed by atoms with Crippen molar-refractivity contribution in [3.8, 4) is 6.07 Å². The number of carboxylic acids is 1. The third-order valence-corrected chi connectivity index (χ3v) is 3.39. The molecule has 0 fully saturated rings. The summed E-state index contributed by atoms with van der Waals surface area (Å²) in [5.74, 6) is -2.19. The van der Waals surface area contributed by atoms with Gasteiger partial charge in [0.05, 0.1) is 17.4 Å². The number of anilines is 1. The van der Waals surface area contributed by atoms with Crippen molar-refractivity contribution in [3.05, 3.63) is 36.3 Å². The van der Waals surface area contributed by atoms with Crippen LogP contribution in [0.3, 0.4) is 0 Å². The maximum atomic E-state index is 12.1. The predicted molar refractivity (Wildman–Crippen MR) is 87.8 cm³/mol. The number of hydrogen-bond acceptors (Lipinski definition) is 5. The van der Waals surface area contributed by atoms with E-state index in [1.54, 1.807) is 44.4 Å². The van der Waals surface area contributed by atoms with Crippen LogP contribution in [0.15, 0.2) is 36.3 Å². The highest BCUT2D eigenvalue weighted by atomic mass is 16.4. The fourth-order valence-electron chi connectivity index (χ4n) is 2.06. The second-order valence-corrected chi connectivity index (χ2v) is 5.48. The Morgan fingerprint density at radius 3 is 2.79 bits per heavy atom. The number of nitriles is 1. The fourth-order valence-corrected chi connectivity index (χ4v) is 2.06. The number of rotatable bonds is 6. The molecule has 0 saturated carbocycles. The summed E-state index contributed by atoms with van der Waals surface area (Å²) in [5, 5.41) is 23.4. The van der Waals surface area contributed by atoms with E-state index in [0.29, 0.717) is 5.69 Å². The maximum absolute atomic E-state index is 12.1. The Hall–Kier alpha value is -3.34. The molecule has 1 atom stereocenters. The highest BCUT2D eigenvalue weighted by molar-refractivity contribution is 5.99. The van der Waals surface area contributed by atoms with Gasteiger partial charge in [-0.25, -0.2) is 9.78 Å². The predicted octanol–water partition coefficient (Wildman–Crippen LogP) is 1.61. The van der Waals surface area contributed by atoms with E-state index < -0.39 is 17.9 Å². The summed E-state index contributed by atoms with van der Waals surface area (Å²) in [6.07, 6.45) is 2.81. The summed E-state index contributed by atoms with van der Waals surface area (Å²) >= 11 is 0. The number of hydrogen-bond donors (Lipinski definition) is 4. The van der Waals surface area contributed by atoms with Gasteiger partial charge in [-0.3, -0.25) is 4.79 Å². The standard InChI is InChI=1S/C16H17N5O3/c1-9(2)14(16(23)24)21-15(22)10(6-17)7-18-11-3-4-12-13(5-11)20-8-19-12/h3-5,7-9,14,18H,1-2H3,(H,19,20)(H,21,22)(H,23,24)/b10-7-. The van der Waals surface area contributed by atoms with Crippen LogP contribution in [0.4, 0.5) is 5.69 Å². The number of carbonyl (C=O) groups is 2. The second kappa shape index (κ2) is 7.28. The number of imidazole rings is 1. The molecule has 0 aliphatic heterocycles. The smallest absolute Gasteiger partial charge is 0.326 e. The number of benzene rings is 1. The molecule has 124 valence electrons. The number of nitrogens with one attached hydrogen (secondary N) is 3. The van der Waals surface area contributed by atoms with Gasteiger partial charge >= 0.3 is 5.97 Å². The van der Waals surface area contributed by atoms with Gasteiger partial charge in [-0.2, -0.15) is 5.26 Å². The van der Waals surface area contributed by atoms with E-state index >= 15 is 0 Å². The van der Waals surface area contributed by atoms with Crippen LogP contribution in [0.5, 0.6) is 0 Å². The van der Waals surface area contributed by atoms with Crippen LogP contribution in [0.25, 0.3) is 11.0 Å². The quantitative estimate of drug-likeness (QED) is 0.471. The van der Waals surface area contributed by atoms with Gasteiger partial charge in [0.1, 0.15) is 17.7 Å². The first kappa shape index (κ1) is 17.0. The number of amides is 1. The van der Waals surface area contributed by atoms with Crippen LogP contribution < -0.4 is 10.6 Å². The number of H-pyrrole nitrogens is 1. The van der Waals surface area contributed by atoms with Crippen LogP contribution in [0.2, 0.25) is 0 Å². The highest BCUT2D eigenvalue weighted by Crippen LogP contribution is 2.16. The first-order chi connectivity index (χ1) is 11.4. The molecular formula is C16H17N5O3. The van der Waals surface area contributed by atoms with Gasteiger partial charge in [0, 0.05) is 11.9 Å². The van der Waals surface area contributed by atoms with Crippen LogP contribution in [0.1, 0.15) is 13.8 Å². The molecule has 1 heterocycles. The van der Waals surface area contributed by atoms with E-state index in [9.17, 15) is 9.59 Å². The molecule has 8 heteroatoms. The van der Waals surface area contributed by atoms with Crippen molar-refractivity contribution in [2.75, 3.05) is 5.32 Å². The van der Waals surface area contributed by atoms with Gasteiger partial charge in [-0.1, -0.05) is 13.8 Å². The Labute approximate surface area is 138 Å². The topological polar surface area (TPSA) is 131 Å². The van der Waals surface area contributed by atoms with Crippen LogP contribution >= 0.6 is 0 Å². The molecule has 1 aromatic carbocycles. The van der Waals surface area contributed by atoms with E-state index in [2.05, 4.69) is 20.6 Å². The highest BCUT2D eigenvalue weighted by Gasteiger charge is 2.24. The molecule has 2 rings (SSSR count). The van der Waals surface area contributed by atoms with Crippen molar-refractivity contribution in [3.63, 3.8) is 0 Å². The molecule has 0 bridgehead atoms. The molecule has 0 spiro atoms. The molecule has 0 aliphatic rings. The van der Waals surface area contributed by atoms with E-state index in [4.69, 9.17) is 10.4 Å². The lowest BCUT2D eigenvalue weighted by molar-refractivity contribution is -0.142. The zero-order chi connectivity index (χ0) is 17.7. The van der Waals surface area contributed by atoms with E-state index in [-0.39, 0.29) is 11.5 Å². The molecule has 1 aromatic heterocycles. The Kier molecular flexibility index (Phi) is 5.16. The summed E-state index contributed by atoms with van der Waals surface area (Å²) in [4.78, 5) is 30.2. The van der Waals surface area contributed by atoms with Gasteiger partial charge < -0.3 is 20.7 Å². The van der Waals surface area contributed by atoms with Crippen molar-refractivity contribution < 1.29 is 14.7 Å². The summed E-state index contributed by atoms with van der Waals surface area (Å²) in [7, 11) is 0. The Morgan fingerprint density at radius 2 is 2.17 bits per heavy atom. The Bertz CT molecular complexity index is 832. The Morgan fingerprint density at radius 1 is 1.42 bits per heavy atom. The molecule has 0 saturated heterocycles. The van der Waals surface area contributed by atoms with Gasteiger partial charge in [-0.15, -0.1) is 0 Å². The minimum atomic E-state index is -1.15. The van der Waals surface area contributed by atoms with Crippen LogP contribution in [-0.4, -0.2) is 33.0 Å². The molecular weight excluding hydrogens is 310 g/mol. The average molecular weight is 327 g/mol. The van der Waals surface area contributed by atoms with Gasteiger partial charge in [0.15, 0.2) is 0 Å². The maximum Gasteiger partial charge on any atom is 0.326 e. The van der Waals surface area contributed by atoms with Crippen molar-refractivity contribution in [1.29, 1.82) is 5.26 Å². The number of aromatic amines is 1. The number of aliphatic carboxylic acids is 1. The van der Waals surface area contributed by atoms with Crippen molar-refractivity contribution >= 4 is 28.6 Å². The molecule has 8 nitrogen and oxygen atoms in total. The number of aromatic nitrogens is 2. The summed E-state index contributed by atoms with van der Waals surface area (Å²) in [5.41, 5.74) is 2.05. The van der Waals surface area contributed by atoms with Gasteiger partial charge in [-0.05, 0) is 24.1 Å². The number of nitrogens with zero attached hydrogens (tertiary/aromatic N) is 2. The van der Waals surface area contributed by atoms with Crippen molar-refractivity contribution in [2.24, 2.45) is 5.92 Å². The lowest BCUT2D eigenvalue weighted by atomic mass is 10.0. The van der Waals surface area contributed by atoms with Gasteiger partial charge in [0.25, 0.3) is 5.91 Å². The zero-order valence-electron chi connectivity index (χ0n) is 13.2. The monoisotopic (exact) mass is 327 g/mol. The minimum Gasteiger partial charge on any atom is -0.480 e. The SMILES string of the molecule is CC(C)C(NC(=O)/C(C#N)=C\Nc1ccc2nc[nH]c2c1)C(=O)O. The fraction of sp³-hybridized carbons (Fsp3) is 0.250. The molecule has 2 aromatic rings. The molecule has 0 aliphatic carbocycles. The normalized spacial score (nSPS) is 12.7. The lowest BCUT2D eigenvalue weighted by Gasteiger charge is -2.17. The van der Waals surface area contributed by atoms with Crippen molar-refractivity contribution in [2.45, 2.75) is 19.9 Å². The molecule has 4 N–H and O–H groups in total. The third-order valence-electron chi connectivity index (χ3n) is 3.39. The summed E-state index contributed by atoms with van der Waals surface area (Å²) in [6.45, 7) is 3.35. The first-order valence-electron chi connectivity index (χ1n) is 7.26. The van der Waals surface area contributed by atoms with Gasteiger partial charge in [0.2, 0.25) is 0 Å². The molecule has 0 radical (unpaired) electrons. The van der Waals surface area contributed by atoms with Crippen LogP contribution in [-0.2, 0) is 9.59 Å². The molecule has 24 heavy (non-hydrogen) atoms. The second-order valence-electron chi connectivity index (χ2n) is 5.48. The number of fused-ring (bicyclic) bond motifs is 1. The lowest BCUT2D eigenvalue weighted by Crippen LogP contribution is -2.44.